The maximum Gasteiger partial charge on any atom is 0.242 e. The quantitative estimate of drug-likeness (QED) is 0.880. The standard InChI is InChI=1S/C17H15FN2O3/c18-12-4-1-10(2-5-12)8-20-16(15(19)17(20)21)11-3-6-13-14(7-11)23-9-22-13/h1-7,15-16H,8-9,19H2/t15-,16-/m0/s1. The van der Waals surface area contributed by atoms with Crippen LogP contribution in [0.5, 0.6) is 11.5 Å². The van der Waals surface area contributed by atoms with E-state index < -0.39 is 6.04 Å². The summed E-state index contributed by atoms with van der Waals surface area (Å²) in [6.07, 6.45) is 0. The van der Waals surface area contributed by atoms with Gasteiger partial charge in [0, 0.05) is 6.54 Å². The molecular formula is C17H15FN2O3. The fourth-order valence-electron chi connectivity index (χ4n) is 3.02. The number of hydrogen-bond acceptors (Lipinski definition) is 4. The third-order valence-electron chi connectivity index (χ3n) is 4.25. The highest BCUT2D eigenvalue weighted by molar-refractivity contribution is 5.89. The number of hydrogen-bond donors (Lipinski definition) is 1. The summed E-state index contributed by atoms with van der Waals surface area (Å²) in [5, 5.41) is 0. The van der Waals surface area contributed by atoms with Gasteiger partial charge in [-0.05, 0) is 35.4 Å². The van der Waals surface area contributed by atoms with Crippen LogP contribution in [0, 0.1) is 5.82 Å². The summed E-state index contributed by atoms with van der Waals surface area (Å²) in [6, 6.07) is 10.9. The van der Waals surface area contributed by atoms with E-state index in [0.717, 1.165) is 11.1 Å². The monoisotopic (exact) mass is 314 g/mol. The van der Waals surface area contributed by atoms with Crippen LogP contribution < -0.4 is 15.2 Å². The fourth-order valence-corrected chi connectivity index (χ4v) is 3.02. The normalized spacial score (nSPS) is 22.2. The third kappa shape index (κ3) is 2.31. The molecule has 0 unspecified atom stereocenters. The van der Waals surface area contributed by atoms with Crippen molar-refractivity contribution < 1.29 is 18.7 Å². The number of carbonyl (C=O) groups excluding carboxylic acids is 1. The van der Waals surface area contributed by atoms with Crippen molar-refractivity contribution in [2.45, 2.75) is 18.6 Å². The largest absolute Gasteiger partial charge is 0.454 e. The van der Waals surface area contributed by atoms with Crippen molar-refractivity contribution in [3.05, 3.63) is 59.4 Å². The van der Waals surface area contributed by atoms with Gasteiger partial charge < -0.3 is 20.1 Å². The van der Waals surface area contributed by atoms with E-state index in [2.05, 4.69) is 0 Å². The Labute approximate surface area is 132 Å². The zero-order chi connectivity index (χ0) is 16.0. The highest BCUT2D eigenvalue weighted by Crippen LogP contribution is 2.40. The predicted octanol–water partition coefficient (Wildman–Crippen LogP) is 1.97. The molecule has 6 heteroatoms. The van der Waals surface area contributed by atoms with Gasteiger partial charge in [-0.15, -0.1) is 0 Å². The van der Waals surface area contributed by atoms with Crippen molar-refractivity contribution in [3.8, 4) is 11.5 Å². The van der Waals surface area contributed by atoms with Gasteiger partial charge in [-0.1, -0.05) is 18.2 Å². The molecule has 0 bridgehead atoms. The van der Waals surface area contributed by atoms with Gasteiger partial charge in [-0.25, -0.2) is 4.39 Å². The van der Waals surface area contributed by atoms with E-state index in [9.17, 15) is 9.18 Å². The van der Waals surface area contributed by atoms with E-state index in [4.69, 9.17) is 15.2 Å². The first-order valence-electron chi connectivity index (χ1n) is 7.33. The van der Waals surface area contributed by atoms with Crippen molar-refractivity contribution in [1.29, 1.82) is 0 Å². The Balaban J connectivity index is 1.59. The number of amides is 1. The number of carbonyl (C=O) groups is 1. The van der Waals surface area contributed by atoms with Crippen molar-refractivity contribution in [2.75, 3.05) is 6.79 Å². The van der Waals surface area contributed by atoms with Gasteiger partial charge in [0.25, 0.3) is 0 Å². The summed E-state index contributed by atoms with van der Waals surface area (Å²) < 4.78 is 23.7. The molecule has 0 radical (unpaired) electrons. The molecule has 1 fully saturated rings. The number of nitrogens with zero attached hydrogens (tertiary/aromatic N) is 1. The van der Waals surface area contributed by atoms with Gasteiger partial charge in [-0.3, -0.25) is 4.79 Å². The van der Waals surface area contributed by atoms with Crippen LogP contribution in [0.3, 0.4) is 0 Å². The lowest BCUT2D eigenvalue weighted by molar-refractivity contribution is -0.150. The number of β-lactam (4-membered cyclic amide) rings is 1. The van der Waals surface area contributed by atoms with Crippen LogP contribution in [0.2, 0.25) is 0 Å². The minimum absolute atomic E-state index is 0.114. The topological polar surface area (TPSA) is 64.8 Å². The number of fused-ring (bicyclic) bond motifs is 1. The Bertz CT molecular complexity index is 763. The molecule has 0 saturated carbocycles. The summed E-state index contributed by atoms with van der Waals surface area (Å²) in [7, 11) is 0. The van der Waals surface area contributed by atoms with E-state index in [0.29, 0.717) is 18.0 Å². The van der Waals surface area contributed by atoms with E-state index in [1.807, 2.05) is 18.2 Å². The van der Waals surface area contributed by atoms with Gasteiger partial charge in [0.2, 0.25) is 12.7 Å². The molecule has 2 aliphatic rings. The molecule has 2 aromatic carbocycles. The lowest BCUT2D eigenvalue weighted by Crippen LogP contribution is -2.62. The number of nitrogens with two attached hydrogens (primary N) is 1. The molecule has 2 aliphatic heterocycles. The average molecular weight is 314 g/mol. The Hall–Kier alpha value is -2.60. The second-order valence-corrected chi connectivity index (χ2v) is 5.68. The van der Waals surface area contributed by atoms with E-state index >= 15 is 0 Å². The second-order valence-electron chi connectivity index (χ2n) is 5.68. The number of likely N-dealkylation sites (tertiary alicyclic amines) is 1. The molecule has 2 heterocycles. The van der Waals surface area contributed by atoms with Crippen LogP contribution in [0.15, 0.2) is 42.5 Å². The summed E-state index contributed by atoms with van der Waals surface area (Å²) >= 11 is 0. The molecule has 0 aliphatic carbocycles. The maximum atomic E-state index is 13.0. The van der Waals surface area contributed by atoms with Gasteiger partial charge in [-0.2, -0.15) is 0 Å². The summed E-state index contributed by atoms with van der Waals surface area (Å²) in [5.74, 6) is 0.943. The molecule has 1 saturated heterocycles. The van der Waals surface area contributed by atoms with Crippen molar-refractivity contribution >= 4 is 5.91 Å². The number of rotatable bonds is 3. The lowest BCUT2D eigenvalue weighted by atomic mass is 9.88. The SMILES string of the molecule is N[C@@H]1C(=O)N(Cc2ccc(F)cc2)[C@H]1c1ccc2c(c1)OCO2. The maximum absolute atomic E-state index is 13.0. The second kappa shape index (κ2) is 5.24. The van der Waals surface area contributed by atoms with Gasteiger partial charge in [0.1, 0.15) is 11.9 Å². The van der Waals surface area contributed by atoms with E-state index in [-0.39, 0.29) is 24.6 Å². The Morgan fingerprint density at radius 1 is 1.13 bits per heavy atom. The summed E-state index contributed by atoms with van der Waals surface area (Å²) in [4.78, 5) is 13.8. The molecule has 23 heavy (non-hydrogen) atoms. The molecule has 2 atom stereocenters. The zero-order valence-corrected chi connectivity index (χ0v) is 12.2. The molecule has 5 nitrogen and oxygen atoms in total. The highest BCUT2D eigenvalue weighted by Gasteiger charge is 2.45. The molecule has 0 aromatic heterocycles. The molecule has 2 N–H and O–H groups in total. The smallest absolute Gasteiger partial charge is 0.242 e. The molecule has 118 valence electrons. The zero-order valence-electron chi connectivity index (χ0n) is 12.2. The van der Waals surface area contributed by atoms with Crippen molar-refractivity contribution in [3.63, 3.8) is 0 Å². The third-order valence-corrected chi connectivity index (χ3v) is 4.25. The molecule has 2 aromatic rings. The van der Waals surface area contributed by atoms with Crippen LogP contribution in [-0.2, 0) is 11.3 Å². The Kier molecular flexibility index (Phi) is 3.20. The molecule has 1 amide bonds. The minimum atomic E-state index is -0.573. The van der Waals surface area contributed by atoms with Crippen molar-refractivity contribution in [2.24, 2.45) is 5.73 Å². The first kappa shape index (κ1) is 14.0. The first-order valence-corrected chi connectivity index (χ1v) is 7.33. The van der Waals surface area contributed by atoms with Gasteiger partial charge in [0.15, 0.2) is 11.5 Å². The summed E-state index contributed by atoms with van der Waals surface area (Å²) in [5.41, 5.74) is 7.75. The molecule has 0 spiro atoms. The average Bonchev–Trinajstić information content (AvgIpc) is 3.03. The first-order chi connectivity index (χ1) is 11.1. The van der Waals surface area contributed by atoms with Gasteiger partial charge >= 0.3 is 0 Å². The Morgan fingerprint density at radius 3 is 2.65 bits per heavy atom. The summed E-state index contributed by atoms with van der Waals surface area (Å²) in [6.45, 7) is 0.597. The lowest BCUT2D eigenvalue weighted by Gasteiger charge is -2.45. The molecule has 4 rings (SSSR count). The molecular weight excluding hydrogens is 299 g/mol. The van der Waals surface area contributed by atoms with Crippen LogP contribution in [0.4, 0.5) is 4.39 Å². The van der Waals surface area contributed by atoms with Crippen LogP contribution in [-0.4, -0.2) is 23.6 Å². The number of halogens is 1. The highest BCUT2D eigenvalue weighted by atomic mass is 19.1. The van der Waals surface area contributed by atoms with E-state index in [1.54, 1.807) is 17.0 Å². The minimum Gasteiger partial charge on any atom is -0.454 e. The number of ether oxygens (including phenoxy) is 2. The predicted molar refractivity (Wildman–Crippen MR) is 80.2 cm³/mol. The van der Waals surface area contributed by atoms with Crippen LogP contribution in [0.25, 0.3) is 0 Å². The Morgan fingerprint density at radius 2 is 1.87 bits per heavy atom. The van der Waals surface area contributed by atoms with Crippen LogP contribution >= 0.6 is 0 Å². The van der Waals surface area contributed by atoms with Crippen molar-refractivity contribution in [1.82, 2.24) is 4.90 Å². The fraction of sp³-hybridized carbons (Fsp3) is 0.235. The van der Waals surface area contributed by atoms with Crippen LogP contribution in [0.1, 0.15) is 17.2 Å². The van der Waals surface area contributed by atoms with Gasteiger partial charge in [0.05, 0.1) is 6.04 Å². The van der Waals surface area contributed by atoms with E-state index in [1.165, 1.54) is 12.1 Å². The number of benzene rings is 2.